The fourth-order valence-electron chi connectivity index (χ4n) is 7.27. The van der Waals surface area contributed by atoms with Crippen LogP contribution in [-0.4, -0.2) is 40.8 Å². The van der Waals surface area contributed by atoms with E-state index in [1.54, 1.807) is 0 Å². The maximum Gasteiger partial charge on any atom is 0.326 e. The van der Waals surface area contributed by atoms with E-state index in [4.69, 9.17) is 10.9 Å². The monoisotopic (exact) mass is 715 g/mol. The van der Waals surface area contributed by atoms with Gasteiger partial charge in [0.15, 0.2) is 5.82 Å². The molecule has 0 fully saturated rings. The van der Waals surface area contributed by atoms with Crippen LogP contribution >= 0.6 is 0 Å². The Hall–Kier alpha value is -6.68. The van der Waals surface area contributed by atoms with Crippen LogP contribution < -0.4 is 11.3 Å². The Morgan fingerprint density at radius 2 is 1.31 bits per heavy atom. The number of anilines is 1. The number of unbranched alkanes of at least 4 members (excludes halogenated alkanes) is 1. The number of aliphatic carboxylic acids is 1. The van der Waals surface area contributed by atoms with Gasteiger partial charge in [-0.2, -0.15) is 0 Å². The predicted octanol–water partition coefficient (Wildman–Crippen LogP) is 7.57. The maximum atomic E-state index is 13.8. The van der Waals surface area contributed by atoms with Gasteiger partial charge >= 0.3 is 5.97 Å². The summed E-state index contributed by atoms with van der Waals surface area (Å²) in [5.41, 5.74) is 12.5. The van der Waals surface area contributed by atoms with Crippen molar-refractivity contribution < 1.29 is 9.90 Å². The first-order chi connectivity index (χ1) is 26.3. The Morgan fingerprint density at radius 1 is 0.778 bits per heavy atom. The summed E-state index contributed by atoms with van der Waals surface area (Å²) in [4.78, 5) is 30.1. The van der Waals surface area contributed by atoms with E-state index in [1.165, 1.54) is 6.92 Å². The predicted molar refractivity (Wildman–Crippen MR) is 210 cm³/mol. The zero-order valence-electron chi connectivity index (χ0n) is 30.2. The maximum absolute atomic E-state index is 13.8. The highest BCUT2D eigenvalue weighted by Crippen LogP contribution is 2.43. The van der Waals surface area contributed by atoms with E-state index in [1.807, 2.05) is 102 Å². The van der Waals surface area contributed by atoms with Crippen molar-refractivity contribution in [3.63, 3.8) is 0 Å². The van der Waals surface area contributed by atoms with Gasteiger partial charge in [0.25, 0.3) is 5.56 Å². The lowest BCUT2D eigenvalue weighted by atomic mass is 9.77. The minimum absolute atomic E-state index is 0.0881. The van der Waals surface area contributed by atoms with Crippen LogP contribution in [0.1, 0.15) is 66.2 Å². The van der Waals surface area contributed by atoms with Gasteiger partial charge < -0.3 is 10.8 Å². The number of nitrogen functional groups attached to an aromatic ring is 1. The molecule has 0 amide bonds. The molecule has 7 rings (SSSR count). The first-order valence-electron chi connectivity index (χ1n) is 18.1. The van der Waals surface area contributed by atoms with Crippen molar-refractivity contribution in [1.82, 2.24) is 29.8 Å². The highest BCUT2D eigenvalue weighted by molar-refractivity contribution is 5.81. The number of carbonyl (C=O) groups is 1. The van der Waals surface area contributed by atoms with Crippen LogP contribution in [0.25, 0.3) is 22.5 Å². The number of nitrogens with two attached hydrogens (primary N) is 1. The number of carboxylic acid groups (broad SMARTS) is 1. The highest BCUT2D eigenvalue weighted by atomic mass is 16.4. The molecule has 2 aromatic heterocycles. The van der Waals surface area contributed by atoms with Gasteiger partial charge in [-0.25, -0.2) is 14.5 Å². The Kier molecular flexibility index (Phi) is 10.3. The molecule has 10 nitrogen and oxygen atoms in total. The van der Waals surface area contributed by atoms with E-state index in [9.17, 15) is 14.7 Å². The zero-order chi connectivity index (χ0) is 37.7. The average Bonchev–Trinajstić information content (AvgIpc) is 3.70. The molecule has 1 atom stereocenters. The third-order valence-corrected chi connectivity index (χ3v) is 10.0. The van der Waals surface area contributed by atoms with E-state index in [0.717, 1.165) is 56.4 Å². The molecule has 2 heterocycles. The number of rotatable bonds is 13. The summed E-state index contributed by atoms with van der Waals surface area (Å²) in [5, 5.41) is 23.4. The van der Waals surface area contributed by atoms with Crippen LogP contribution in [0.3, 0.4) is 0 Å². The topological polar surface area (TPSA) is 142 Å². The molecule has 0 saturated heterocycles. The molecule has 0 bridgehead atoms. The summed E-state index contributed by atoms with van der Waals surface area (Å²) in [7, 11) is 0. The summed E-state index contributed by atoms with van der Waals surface area (Å²) in [6, 6.07) is 45.8. The minimum atomic E-state index is -1.15. The Bertz CT molecular complexity index is 2330. The summed E-state index contributed by atoms with van der Waals surface area (Å²) in [6.07, 6.45) is 2.60. The van der Waals surface area contributed by atoms with Gasteiger partial charge in [-0.3, -0.25) is 9.36 Å². The number of benzene rings is 5. The number of tetrazole rings is 1. The van der Waals surface area contributed by atoms with Gasteiger partial charge in [0.05, 0.1) is 5.69 Å². The van der Waals surface area contributed by atoms with Crippen LogP contribution in [0.5, 0.6) is 0 Å². The van der Waals surface area contributed by atoms with Crippen molar-refractivity contribution in [3.05, 3.63) is 183 Å². The molecule has 5 aromatic carbocycles. The second-order valence-electron chi connectivity index (χ2n) is 13.3. The fourth-order valence-corrected chi connectivity index (χ4v) is 7.27. The summed E-state index contributed by atoms with van der Waals surface area (Å²) in [5.74, 6) is -0.650. The molecule has 0 aliphatic rings. The number of carboxylic acids is 1. The van der Waals surface area contributed by atoms with E-state index in [0.29, 0.717) is 23.5 Å². The second-order valence-corrected chi connectivity index (χ2v) is 13.3. The summed E-state index contributed by atoms with van der Waals surface area (Å²) >= 11 is 0. The molecule has 0 aliphatic heterocycles. The highest BCUT2D eigenvalue weighted by Gasteiger charge is 2.42. The van der Waals surface area contributed by atoms with Gasteiger partial charge in [-0.05, 0) is 63.6 Å². The van der Waals surface area contributed by atoms with Gasteiger partial charge in [-0.1, -0.05) is 153 Å². The molecule has 0 spiro atoms. The third kappa shape index (κ3) is 6.58. The van der Waals surface area contributed by atoms with Crippen molar-refractivity contribution in [3.8, 4) is 22.5 Å². The minimum Gasteiger partial charge on any atom is -0.480 e. The van der Waals surface area contributed by atoms with Crippen molar-refractivity contribution in [2.75, 3.05) is 5.73 Å². The first-order valence-corrected chi connectivity index (χ1v) is 18.1. The molecule has 7 aromatic rings. The van der Waals surface area contributed by atoms with Crippen molar-refractivity contribution >= 4 is 11.9 Å². The molecule has 10 heteroatoms. The van der Waals surface area contributed by atoms with Gasteiger partial charge in [0, 0.05) is 17.5 Å². The molecule has 270 valence electrons. The normalized spacial score (nSPS) is 12.0. The Labute approximate surface area is 313 Å². The molecule has 3 N–H and O–H groups in total. The number of aryl methyl sites for hydroxylation is 1. The number of aromatic nitrogens is 6. The van der Waals surface area contributed by atoms with E-state index >= 15 is 0 Å². The third-order valence-electron chi connectivity index (χ3n) is 10.0. The smallest absolute Gasteiger partial charge is 0.326 e. The fraction of sp³-hybridized carbons (Fsp3) is 0.182. The van der Waals surface area contributed by atoms with Crippen LogP contribution in [0.2, 0.25) is 0 Å². The molecular formula is C44H41N7O3. The molecule has 0 radical (unpaired) electrons. The van der Waals surface area contributed by atoms with Crippen molar-refractivity contribution in [1.29, 1.82) is 0 Å². The van der Waals surface area contributed by atoms with Gasteiger partial charge in [0.2, 0.25) is 5.95 Å². The average molecular weight is 716 g/mol. The molecule has 1 unspecified atom stereocenters. The van der Waals surface area contributed by atoms with Crippen molar-refractivity contribution in [2.45, 2.75) is 51.1 Å². The standard InChI is InChI=1S/C44H41N7O3/c1-3-4-24-39-38(41(52)50(43(45)46-39)30(2)42(53)54)29-31-25-27-32(28-26-31)36-22-14-15-23-37(36)40-47-48-49-51(40)44(33-16-8-5-9-17-33,34-18-10-6-11-19-34)35-20-12-7-13-21-35/h5-23,25-28,30H,3-4,24,29H2,1-2H3,(H2,45,46)(H,53,54). The van der Waals surface area contributed by atoms with Crippen LogP contribution in [0.4, 0.5) is 5.95 Å². The van der Waals surface area contributed by atoms with Crippen LogP contribution in [0.15, 0.2) is 144 Å². The van der Waals surface area contributed by atoms with Crippen LogP contribution in [-0.2, 0) is 23.2 Å². The van der Waals surface area contributed by atoms with E-state index in [2.05, 4.69) is 64.7 Å². The molecular weight excluding hydrogens is 675 g/mol. The summed E-state index contributed by atoms with van der Waals surface area (Å²) < 4.78 is 3.00. The molecule has 0 saturated carbocycles. The zero-order valence-corrected chi connectivity index (χ0v) is 30.2. The van der Waals surface area contributed by atoms with Gasteiger partial charge in [0.1, 0.15) is 11.6 Å². The lowest BCUT2D eigenvalue weighted by Crippen LogP contribution is -2.39. The van der Waals surface area contributed by atoms with Crippen LogP contribution in [0, 0.1) is 0 Å². The van der Waals surface area contributed by atoms with E-state index in [-0.39, 0.29) is 12.4 Å². The SMILES string of the molecule is CCCCc1nc(N)n(C(C)C(=O)O)c(=O)c1Cc1ccc(-c2ccccc2-c2nnnn2C(c2ccccc2)(c2ccccc2)c2ccccc2)cc1. The quantitative estimate of drug-likeness (QED) is 0.117. The van der Waals surface area contributed by atoms with E-state index < -0.39 is 23.1 Å². The second kappa shape index (κ2) is 15.5. The molecule has 54 heavy (non-hydrogen) atoms. The Morgan fingerprint density at radius 3 is 1.85 bits per heavy atom. The number of nitrogens with zero attached hydrogens (tertiary/aromatic N) is 6. The number of hydrogen-bond donors (Lipinski definition) is 2. The Balaban J connectivity index is 1.33. The summed E-state index contributed by atoms with van der Waals surface area (Å²) in [6.45, 7) is 3.50. The van der Waals surface area contributed by atoms with Crippen molar-refractivity contribution in [2.24, 2.45) is 0 Å². The first kappa shape index (κ1) is 35.7. The van der Waals surface area contributed by atoms with Gasteiger partial charge in [-0.15, -0.1) is 5.10 Å². The molecule has 0 aliphatic carbocycles. The number of hydrogen-bond acceptors (Lipinski definition) is 7. The largest absolute Gasteiger partial charge is 0.480 e. The lowest BCUT2D eigenvalue weighted by Gasteiger charge is -2.36. The lowest BCUT2D eigenvalue weighted by molar-refractivity contribution is -0.140.